The first-order valence-corrected chi connectivity index (χ1v) is 11.7. The molecule has 0 radical (unpaired) electrons. The molecule has 1 aliphatic heterocycles. The molecule has 1 heterocycles. The minimum atomic E-state index is -3.85. The first-order chi connectivity index (χ1) is 15.3. The number of hydrogen-bond acceptors (Lipinski definition) is 6. The highest BCUT2D eigenvalue weighted by molar-refractivity contribution is 7.89. The van der Waals surface area contributed by atoms with Gasteiger partial charge in [0, 0.05) is 45.7 Å². The standard InChI is InChI=1S/C22H28FN3O5S/c1-16(27)24-9-8-17-14-20(30-2)21(31-3)15-22(17)32(28,29)26-12-10-25(11-13-26)19-7-5-4-6-18(19)23/h4-7,14-15H,8-13H2,1-3H3,(H,24,27). The number of anilines is 1. The van der Waals surface area contributed by atoms with E-state index in [1.807, 2.05) is 4.90 Å². The number of benzene rings is 2. The third-order valence-electron chi connectivity index (χ3n) is 5.38. The average Bonchev–Trinajstić information content (AvgIpc) is 2.78. The molecule has 0 bridgehead atoms. The lowest BCUT2D eigenvalue weighted by Gasteiger charge is -2.35. The van der Waals surface area contributed by atoms with E-state index in [1.54, 1.807) is 24.3 Å². The van der Waals surface area contributed by atoms with Crippen LogP contribution in [-0.4, -0.2) is 65.6 Å². The van der Waals surface area contributed by atoms with Crippen molar-refractivity contribution in [1.29, 1.82) is 0 Å². The van der Waals surface area contributed by atoms with Crippen LogP contribution in [0, 0.1) is 5.82 Å². The normalized spacial score (nSPS) is 14.8. The Morgan fingerprint density at radius 1 is 1.06 bits per heavy atom. The molecule has 0 spiro atoms. The minimum absolute atomic E-state index is 0.111. The van der Waals surface area contributed by atoms with Gasteiger partial charge in [0.2, 0.25) is 15.9 Å². The zero-order valence-electron chi connectivity index (χ0n) is 18.4. The molecule has 0 unspecified atom stereocenters. The first kappa shape index (κ1) is 23.8. The Hall–Kier alpha value is -2.85. The van der Waals surface area contributed by atoms with Gasteiger partial charge in [-0.15, -0.1) is 0 Å². The average molecular weight is 466 g/mol. The second-order valence-corrected chi connectivity index (χ2v) is 9.30. The molecule has 2 aromatic rings. The molecule has 0 aromatic heterocycles. The molecule has 3 rings (SSSR count). The van der Waals surface area contributed by atoms with Crippen molar-refractivity contribution < 1.29 is 27.1 Å². The van der Waals surface area contributed by atoms with Gasteiger partial charge in [-0.25, -0.2) is 12.8 Å². The maximum Gasteiger partial charge on any atom is 0.243 e. The molecule has 2 aromatic carbocycles. The Balaban J connectivity index is 1.86. The van der Waals surface area contributed by atoms with Crippen molar-refractivity contribution in [3.8, 4) is 11.5 Å². The van der Waals surface area contributed by atoms with Crippen molar-refractivity contribution in [2.24, 2.45) is 0 Å². The van der Waals surface area contributed by atoms with Gasteiger partial charge < -0.3 is 19.7 Å². The van der Waals surface area contributed by atoms with Crippen molar-refractivity contribution in [2.45, 2.75) is 18.2 Å². The Kier molecular flexibility index (Phi) is 7.57. The quantitative estimate of drug-likeness (QED) is 0.642. The van der Waals surface area contributed by atoms with Gasteiger partial charge in [-0.3, -0.25) is 4.79 Å². The van der Waals surface area contributed by atoms with Gasteiger partial charge in [0.25, 0.3) is 0 Å². The summed E-state index contributed by atoms with van der Waals surface area (Å²) in [5.74, 6) is 0.191. The number of carbonyl (C=O) groups is 1. The van der Waals surface area contributed by atoms with E-state index >= 15 is 0 Å². The highest BCUT2D eigenvalue weighted by atomic mass is 32.2. The van der Waals surface area contributed by atoms with Crippen LogP contribution in [0.25, 0.3) is 0 Å². The van der Waals surface area contributed by atoms with Crippen molar-refractivity contribution in [2.75, 3.05) is 51.8 Å². The van der Waals surface area contributed by atoms with Crippen molar-refractivity contribution in [3.63, 3.8) is 0 Å². The molecule has 0 saturated carbocycles. The van der Waals surface area contributed by atoms with E-state index in [2.05, 4.69) is 5.32 Å². The van der Waals surface area contributed by atoms with Crippen LogP contribution in [0.5, 0.6) is 11.5 Å². The number of nitrogens with zero attached hydrogens (tertiary/aromatic N) is 2. The maximum absolute atomic E-state index is 14.1. The van der Waals surface area contributed by atoms with Gasteiger partial charge in [-0.2, -0.15) is 4.31 Å². The van der Waals surface area contributed by atoms with E-state index < -0.39 is 10.0 Å². The molecule has 8 nitrogen and oxygen atoms in total. The second kappa shape index (κ2) is 10.2. The molecule has 1 amide bonds. The van der Waals surface area contributed by atoms with Gasteiger partial charge in [-0.05, 0) is 30.2 Å². The number of nitrogens with one attached hydrogen (secondary N) is 1. The molecule has 0 atom stereocenters. The summed E-state index contributed by atoms with van der Waals surface area (Å²) in [5, 5.41) is 2.69. The van der Waals surface area contributed by atoms with E-state index in [9.17, 15) is 17.6 Å². The number of rotatable bonds is 8. The number of piperazine rings is 1. The number of hydrogen-bond donors (Lipinski definition) is 1. The van der Waals surface area contributed by atoms with E-state index in [0.29, 0.717) is 42.3 Å². The summed E-state index contributed by atoms with van der Waals surface area (Å²) in [6.07, 6.45) is 0.309. The highest BCUT2D eigenvalue weighted by Gasteiger charge is 2.32. The molecular weight excluding hydrogens is 437 g/mol. The van der Waals surface area contributed by atoms with Crippen molar-refractivity contribution >= 4 is 21.6 Å². The lowest BCUT2D eigenvalue weighted by Crippen LogP contribution is -2.49. The monoisotopic (exact) mass is 465 g/mol. The Morgan fingerprint density at radius 2 is 1.69 bits per heavy atom. The number of methoxy groups -OCH3 is 2. The number of amides is 1. The van der Waals surface area contributed by atoms with Gasteiger partial charge in [-0.1, -0.05) is 12.1 Å². The molecule has 1 fully saturated rings. The molecule has 0 aliphatic carbocycles. The summed E-state index contributed by atoms with van der Waals surface area (Å²) in [6, 6.07) is 9.55. The molecular formula is C22H28FN3O5S. The van der Waals surface area contributed by atoms with Gasteiger partial charge in [0.05, 0.1) is 24.8 Å². The number of carbonyl (C=O) groups excluding carboxylic acids is 1. The van der Waals surface area contributed by atoms with Crippen LogP contribution in [0.2, 0.25) is 0 Å². The Bertz CT molecular complexity index is 1070. The van der Waals surface area contributed by atoms with Crippen LogP contribution in [0.1, 0.15) is 12.5 Å². The van der Waals surface area contributed by atoms with Crippen LogP contribution < -0.4 is 19.7 Å². The molecule has 174 valence electrons. The summed E-state index contributed by atoms with van der Waals surface area (Å²) >= 11 is 0. The predicted octanol–water partition coefficient (Wildman–Crippen LogP) is 2.03. The molecule has 32 heavy (non-hydrogen) atoms. The zero-order valence-corrected chi connectivity index (χ0v) is 19.2. The summed E-state index contributed by atoms with van der Waals surface area (Å²) in [4.78, 5) is 13.2. The summed E-state index contributed by atoms with van der Waals surface area (Å²) in [7, 11) is -0.931. The summed E-state index contributed by atoms with van der Waals surface area (Å²) in [6.45, 7) is 2.87. The van der Waals surface area contributed by atoms with Gasteiger partial charge in [0.15, 0.2) is 11.5 Å². The lowest BCUT2D eigenvalue weighted by atomic mass is 10.1. The van der Waals surface area contributed by atoms with Crippen LogP contribution in [-0.2, 0) is 21.2 Å². The number of sulfonamides is 1. The minimum Gasteiger partial charge on any atom is -0.493 e. The number of halogens is 1. The van der Waals surface area contributed by atoms with E-state index in [-0.39, 0.29) is 36.3 Å². The number of para-hydroxylation sites is 1. The Labute approximate surface area is 188 Å². The van der Waals surface area contributed by atoms with E-state index in [4.69, 9.17) is 9.47 Å². The topological polar surface area (TPSA) is 88.2 Å². The van der Waals surface area contributed by atoms with E-state index in [1.165, 1.54) is 37.6 Å². The summed E-state index contributed by atoms with van der Waals surface area (Å²) < 4.78 is 53.2. The van der Waals surface area contributed by atoms with Gasteiger partial charge >= 0.3 is 0 Å². The smallest absolute Gasteiger partial charge is 0.243 e. The molecule has 1 N–H and O–H groups in total. The first-order valence-electron chi connectivity index (χ1n) is 10.3. The van der Waals surface area contributed by atoms with Gasteiger partial charge in [0.1, 0.15) is 5.82 Å². The highest BCUT2D eigenvalue weighted by Crippen LogP contribution is 2.35. The lowest BCUT2D eigenvalue weighted by molar-refractivity contribution is -0.118. The van der Waals surface area contributed by atoms with Crippen LogP contribution in [0.4, 0.5) is 10.1 Å². The third kappa shape index (κ3) is 5.13. The third-order valence-corrected chi connectivity index (χ3v) is 7.37. The SMILES string of the molecule is COc1cc(CCNC(C)=O)c(S(=O)(=O)N2CCN(c3ccccc3F)CC2)cc1OC. The second-order valence-electron chi connectivity index (χ2n) is 7.39. The fraction of sp³-hybridized carbons (Fsp3) is 0.409. The van der Waals surface area contributed by atoms with E-state index in [0.717, 1.165) is 0 Å². The zero-order chi connectivity index (χ0) is 23.3. The number of ether oxygens (including phenoxy) is 2. The maximum atomic E-state index is 14.1. The molecule has 1 aliphatic rings. The molecule has 1 saturated heterocycles. The van der Waals surface area contributed by atoms with Crippen LogP contribution >= 0.6 is 0 Å². The van der Waals surface area contributed by atoms with Crippen LogP contribution in [0.15, 0.2) is 41.3 Å². The van der Waals surface area contributed by atoms with Crippen molar-refractivity contribution in [1.82, 2.24) is 9.62 Å². The Morgan fingerprint density at radius 3 is 2.28 bits per heavy atom. The largest absolute Gasteiger partial charge is 0.493 e. The van der Waals surface area contributed by atoms with Crippen LogP contribution in [0.3, 0.4) is 0 Å². The molecule has 10 heteroatoms. The fourth-order valence-corrected chi connectivity index (χ4v) is 5.40. The fourth-order valence-electron chi connectivity index (χ4n) is 3.73. The summed E-state index contributed by atoms with van der Waals surface area (Å²) in [5.41, 5.74) is 0.986. The predicted molar refractivity (Wildman–Crippen MR) is 119 cm³/mol. The van der Waals surface area contributed by atoms with Crippen molar-refractivity contribution in [3.05, 3.63) is 47.8 Å².